The SMILES string of the molecule is O=C(NCc1ccco1)c1noc2c1CNCC2. The first kappa shape index (κ1) is 11.0. The average molecular weight is 247 g/mol. The van der Waals surface area contributed by atoms with Gasteiger partial charge in [-0.15, -0.1) is 0 Å². The molecule has 0 aromatic carbocycles. The van der Waals surface area contributed by atoms with Crippen LogP contribution in [-0.2, 0) is 19.5 Å². The van der Waals surface area contributed by atoms with E-state index in [0.29, 0.717) is 24.5 Å². The number of hydrogen-bond donors (Lipinski definition) is 2. The van der Waals surface area contributed by atoms with Gasteiger partial charge in [0.15, 0.2) is 5.69 Å². The van der Waals surface area contributed by atoms with Gasteiger partial charge < -0.3 is 19.6 Å². The quantitative estimate of drug-likeness (QED) is 0.840. The molecule has 3 heterocycles. The van der Waals surface area contributed by atoms with Gasteiger partial charge in [-0.25, -0.2) is 0 Å². The molecule has 18 heavy (non-hydrogen) atoms. The summed E-state index contributed by atoms with van der Waals surface area (Å²) in [5.74, 6) is 1.27. The number of nitrogens with zero attached hydrogens (tertiary/aromatic N) is 1. The first-order valence-electron chi connectivity index (χ1n) is 5.83. The third-order valence-electron chi connectivity index (χ3n) is 2.92. The van der Waals surface area contributed by atoms with E-state index < -0.39 is 0 Å². The summed E-state index contributed by atoms with van der Waals surface area (Å²) in [4.78, 5) is 12.0. The number of furan rings is 1. The molecule has 0 saturated heterocycles. The van der Waals surface area contributed by atoms with Gasteiger partial charge in [0, 0.05) is 25.1 Å². The Labute approximate surface area is 103 Å². The summed E-state index contributed by atoms with van der Waals surface area (Å²) in [7, 11) is 0. The number of hydrogen-bond acceptors (Lipinski definition) is 5. The monoisotopic (exact) mass is 247 g/mol. The normalized spacial score (nSPS) is 14.2. The third-order valence-corrected chi connectivity index (χ3v) is 2.92. The molecule has 1 aliphatic rings. The molecule has 0 spiro atoms. The smallest absolute Gasteiger partial charge is 0.274 e. The molecule has 0 saturated carbocycles. The topological polar surface area (TPSA) is 80.3 Å². The van der Waals surface area contributed by atoms with Gasteiger partial charge in [-0.2, -0.15) is 0 Å². The molecule has 2 N–H and O–H groups in total. The molecule has 94 valence electrons. The van der Waals surface area contributed by atoms with Crippen molar-refractivity contribution in [1.82, 2.24) is 15.8 Å². The molecular formula is C12H13N3O3. The summed E-state index contributed by atoms with van der Waals surface area (Å²) in [6, 6.07) is 3.59. The summed E-state index contributed by atoms with van der Waals surface area (Å²) in [5, 5.41) is 9.79. The van der Waals surface area contributed by atoms with Crippen LogP contribution < -0.4 is 10.6 Å². The number of carbonyl (C=O) groups is 1. The van der Waals surface area contributed by atoms with Crippen LogP contribution in [0.4, 0.5) is 0 Å². The summed E-state index contributed by atoms with van der Waals surface area (Å²) < 4.78 is 10.3. The molecular weight excluding hydrogens is 234 g/mol. The summed E-state index contributed by atoms with van der Waals surface area (Å²) in [6.45, 7) is 1.83. The zero-order valence-electron chi connectivity index (χ0n) is 9.73. The standard InChI is InChI=1S/C12H13N3O3/c16-12(14-6-8-2-1-5-17-8)11-9-7-13-4-3-10(9)18-15-11/h1-2,5,13H,3-4,6-7H2,(H,14,16). The number of amides is 1. The minimum absolute atomic E-state index is 0.236. The molecule has 1 amide bonds. The fourth-order valence-corrected chi connectivity index (χ4v) is 1.98. The lowest BCUT2D eigenvalue weighted by molar-refractivity contribution is 0.0938. The van der Waals surface area contributed by atoms with Crippen LogP contribution >= 0.6 is 0 Å². The Balaban J connectivity index is 1.70. The van der Waals surface area contributed by atoms with Crippen LogP contribution in [0.5, 0.6) is 0 Å². The zero-order chi connectivity index (χ0) is 12.4. The fourth-order valence-electron chi connectivity index (χ4n) is 1.98. The number of fused-ring (bicyclic) bond motifs is 1. The van der Waals surface area contributed by atoms with Crippen LogP contribution in [0.15, 0.2) is 27.3 Å². The van der Waals surface area contributed by atoms with Crippen molar-refractivity contribution in [3.63, 3.8) is 0 Å². The number of rotatable bonds is 3. The second kappa shape index (κ2) is 4.66. The van der Waals surface area contributed by atoms with Crippen LogP contribution in [0.25, 0.3) is 0 Å². The van der Waals surface area contributed by atoms with Crippen LogP contribution in [0.2, 0.25) is 0 Å². The van der Waals surface area contributed by atoms with E-state index in [2.05, 4.69) is 15.8 Å². The van der Waals surface area contributed by atoms with Gasteiger partial charge in [-0.3, -0.25) is 4.79 Å². The van der Waals surface area contributed by atoms with E-state index in [-0.39, 0.29) is 5.91 Å². The van der Waals surface area contributed by atoms with Gasteiger partial charge in [0.2, 0.25) is 0 Å². The van der Waals surface area contributed by atoms with Crippen molar-refractivity contribution in [3.8, 4) is 0 Å². The molecule has 0 radical (unpaired) electrons. The van der Waals surface area contributed by atoms with E-state index in [0.717, 1.165) is 24.3 Å². The van der Waals surface area contributed by atoms with Crippen molar-refractivity contribution in [2.45, 2.75) is 19.5 Å². The average Bonchev–Trinajstić information content (AvgIpc) is 3.05. The predicted molar refractivity (Wildman–Crippen MR) is 61.8 cm³/mol. The molecule has 0 atom stereocenters. The van der Waals surface area contributed by atoms with Gasteiger partial charge in [-0.1, -0.05) is 5.16 Å². The summed E-state index contributed by atoms with van der Waals surface area (Å²) in [5.41, 5.74) is 1.22. The lowest BCUT2D eigenvalue weighted by atomic mass is 10.1. The molecule has 3 rings (SSSR count). The number of aromatic nitrogens is 1. The van der Waals surface area contributed by atoms with Crippen molar-refractivity contribution < 1.29 is 13.7 Å². The van der Waals surface area contributed by atoms with Crippen LogP contribution in [0.3, 0.4) is 0 Å². The van der Waals surface area contributed by atoms with Gasteiger partial charge in [0.25, 0.3) is 5.91 Å². The van der Waals surface area contributed by atoms with E-state index in [9.17, 15) is 4.79 Å². The largest absolute Gasteiger partial charge is 0.467 e. The highest BCUT2D eigenvalue weighted by Crippen LogP contribution is 2.17. The highest BCUT2D eigenvalue weighted by atomic mass is 16.5. The first-order valence-corrected chi connectivity index (χ1v) is 5.83. The molecule has 6 nitrogen and oxygen atoms in total. The Morgan fingerprint density at radius 2 is 2.50 bits per heavy atom. The van der Waals surface area contributed by atoms with E-state index in [1.54, 1.807) is 18.4 Å². The summed E-state index contributed by atoms with van der Waals surface area (Å²) >= 11 is 0. The lowest BCUT2D eigenvalue weighted by Gasteiger charge is -2.10. The number of nitrogens with one attached hydrogen (secondary N) is 2. The van der Waals surface area contributed by atoms with Crippen molar-refractivity contribution in [2.75, 3.05) is 6.54 Å². The van der Waals surface area contributed by atoms with Gasteiger partial charge in [0.05, 0.1) is 12.8 Å². The van der Waals surface area contributed by atoms with E-state index in [4.69, 9.17) is 8.94 Å². The molecule has 2 aromatic heterocycles. The molecule has 0 bridgehead atoms. The van der Waals surface area contributed by atoms with Crippen molar-refractivity contribution in [1.29, 1.82) is 0 Å². The Kier molecular flexibility index (Phi) is 2.85. The zero-order valence-corrected chi connectivity index (χ0v) is 9.73. The van der Waals surface area contributed by atoms with E-state index in [1.807, 2.05) is 0 Å². The van der Waals surface area contributed by atoms with E-state index >= 15 is 0 Å². The molecule has 6 heteroatoms. The Hall–Kier alpha value is -2.08. The van der Waals surface area contributed by atoms with Crippen molar-refractivity contribution >= 4 is 5.91 Å². The Morgan fingerprint density at radius 3 is 3.33 bits per heavy atom. The maximum atomic E-state index is 12.0. The minimum Gasteiger partial charge on any atom is -0.467 e. The van der Waals surface area contributed by atoms with Crippen LogP contribution in [0.1, 0.15) is 27.6 Å². The van der Waals surface area contributed by atoms with Gasteiger partial charge in [-0.05, 0) is 12.1 Å². The molecule has 0 aliphatic carbocycles. The lowest BCUT2D eigenvalue weighted by Crippen LogP contribution is -2.28. The Morgan fingerprint density at radius 1 is 1.56 bits per heavy atom. The maximum Gasteiger partial charge on any atom is 0.274 e. The summed E-state index contributed by atoms with van der Waals surface area (Å²) in [6.07, 6.45) is 2.34. The van der Waals surface area contributed by atoms with Gasteiger partial charge in [0.1, 0.15) is 11.5 Å². The second-order valence-electron chi connectivity index (χ2n) is 4.12. The molecule has 2 aromatic rings. The van der Waals surface area contributed by atoms with Gasteiger partial charge >= 0.3 is 0 Å². The predicted octanol–water partition coefficient (Wildman–Crippen LogP) is 0.843. The van der Waals surface area contributed by atoms with E-state index in [1.165, 1.54) is 0 Å². The molecule has 1 aliphatic heterocycles. The van der Waals surface area contributed by atoms with Crippen molar-refractivity contribution in [3.05, 3.63) is 41.2 Å². The number of carbonyl (C=O) groups excluding carboxylic acids is 1. The maximum absolute atomic E-state index is 12.0. The highest BCUT2D eigenvalue weighted by molar-refractivity contribution is 5.93. The highest BCUT2D eigenvalue weighted by Gasteiger charge is 2.23. The Bertz CT molecular complexity index is 545. The van der Waals surface area contributed by atoms with Crippen LogP contribution in [0, 0.1) is 0 Å². The first-order chi connectivity index (χ1) is 8.84. The molecule has 0 fully saturated rings. The third kappa shape index (κ3) is 2.02. The second-order valence-corrected chi connectivity index (χ2v) is 4.12. The minimum atomic E-state index is -0.236. The van der Waals surface area contributed by atoms with Crippen LogP contribution in [-0.4, -0.2) is 17.6 Å². The fraction of sp³-hybridized carbons (Fsp3) is 0.333. The van der Waals surface area contributed by atoms with Crippen molar-refractivity contribution in [2.24, 2.45) is 0 Å². The molecule has 0 unspecified atom stereocenters.